The van der Waals surface area contributed by atoms with Crippen molar-refractivity contribution in [2.75, 3.05) is 0 Å². The highest BCUT2D eigenvalue weighted by Gasteiger charge is 2.20. The molecule has 1 aromatic carbocycles. The summed E-state index contributed by atoms with van der Waals surface area (Å²) in [6.45, 7) is 2.53. The lowest BCUT2D eigenvalue weighted by atomic mass is 10.1. The number of rotatable bonds is 3. The van der Waals surface area contributed by atoms with Crippen LogP contribution in [0.25, 0.3) is 0 Å². The minimum absolute atomic E-state index is 0.106. The van der Waals surface area contributed by atoms with Crippen molar-refractivity contribution in [2.45, 2.75) is 13.5 Å². The van der Waals surface area contributed by atoms with E-state index in [2.05, 4.69) is 43.6 Å². The quantitative estimate of drug-likeness (QED) is 0.532. The van der Waals surface area contributed by atoms with Crippen LogP contribution in [0.2, 0.25) is 5.02 Å². The van der Waals surface area contributed by atoms with Crippen molar-refractivity contribution in [1.29, 1.82) is 0 Å². The van der Waals surface area contributed by atoms with Gasteiger partial charge in [-0.1, -0.05) is 27.5 Å². The fourth-order valence-electron chi connectivity index (χ4n) is 1.63. The Labute approximate surface area is 132 Å². The van der Waals surface area contributed by atoms with E-state index in [0.29, 0.717) is 22.8 Å². The molecule has 2 rings (SSSR count). The van der Waals surface area contributed by atoms with Crippen LogP contribution in [0.4, 0.5) is 0 Å². The molecule has 0 aliphatic rings. The first kappa shape index (κ1) is 14.0. The number of carbonyl (C=O) groups excluding carboxylic acids is 1. The van der Waals surface area contributed by atoms with Gasteiger partial charge in [0, 0.05) is 20.2 Å². The van der Waals surface area contributed by atoms with Gasteiger partial charge in [0.1, 0.15) is 5.69 Å². The summed E-state index contributed by atoms with van der Waals surface area (Å²) in [4.78, 5) is 12.5. The molecule has 94 valence electrons. The first-order chi connectivity index (χ1) is 8.54. The van der Waals surface area contributed by atoms with Crippen LogP contribution in [-0.4, -0.2) is 15.6 Å². The standard InChI is InChI=1S/C12H9BrClIN2O/c1-2-17-11(9(14)6-16-17)12(18)8-5-7(13)3-4-10(8)15/h3-6H,2H2,1H3. The molecule has 0 N–H and O–H groups in total. The van der Waals surface area contributed by atoms with Gasteiger partial charge in [0.25, 0.3) is 0 Å². The topological polar surface area (TPSA) is 34.9 Å². The third kappa shape index (κ3) is 2.62. The van der Waals surface area contributed by atoms with Gasteiger partial charge in [-0.2, -0.15) is 5.10 Å². The molecular weight excluding hydrogens is 430 g/mol. The van der Waals surface area contributed by atoms with Gasteiger partial charge in [-0.3, -0.25) is 9.48 Å². The Bertz CT molecular complexity index is 612. The summed E-state index contributed by atoms with van der Waals surface area (Å²) in [6, 6.07) is 5.59. The Hall–Kier alpha value is -0.400. The van der Waals surface area contributed by atoms with E-state index in [-0.39, 0.29) is 5.78 Å². The zero-order valence-electron chi connectivity index (χ0n) is 9.45. The van der Waals surface area contributed by atoms with Crippen LogP contribution >= 0.6 is 50.1 Å². The molecule has 0 saturated heterocycles. The molecule has 1 heterocycles. The number of hydrogen-bond donors (Lipinski definition) is 0. The summed E-state index contributed by atoms with van der Waals surface area (Å²) < 4.78 is 3.37. The molecule has 0 bridgehead atoms. The number of hydrogen-bond acceptors (Lipinski definition) is 2. The predicted octanol–water partition coefficient (Wildman–Crippen LogP) is 4.15. The third-order valence-corrected chi connectivity index (χ3v) is 4.19. The van der Waals surface area contributed by atoms with Crippen LogP contribution in [-0.2, 0) is 6.54 Å². The number of halogens is 3. The summed E-state index contributed by atoms with van der Waals surface area (Å²) in [5.74, 6) is -0.106. The minimum Gasteiger partial charge on any atom is -0.287 e. The average molecular weight is 439 g/mol. The molecule has 0 fully saturated rings. The number of aryl methyl sites for hydroxylation is 1. The van der Waals surface area contributed by atoms with Gasteiger partial charge in [0.05, 0.1) is 11.2 Å². The van der Waals surface area contributed by atoms with Crippen molar-refractivity contribution in [3.8, 4) is 0 Å². The largest absolute Gasteiger partial charge is 0.287 e. The highest BCUT2D eigenvalue weighted by Crippen LogP contribution is 2.24. The fraction of sp³-hybridized carbons (Fsp3) is 0.167. The van der Waals surface area contributed by atoms with Gasteiger partial charge in [0.2, 0.25) is 5.78 Å². The number of ketones is 1. The van der Waals surface area contributed by atoms with Crippen LogP contribution < -0.4 is 0 Å². The maximum Gasteiger partial charge on any atom is 0.213 e. The van der Waals surface area contributed by atoms with E-state index in [1.165, 1.54) is 6.20 Å². The van der Waals surface area contributed by atoms with Crippen molar-refractivity contribution >= 4 is 55.9 Å². The van der Waals surface area contributed by atoms with Gasteiger partial charge < -0.3 is 0 Å². The number of carbonyl (C=O) groups is 1. The van der Waals surface area contributed by atoms with E-state index < -0.39 is 0 Å². The van der Waals surface area contributed by atoms with Gasteiger partial charge in [-0.15, -0.1) is 0 Å². The smallest absolute Gasteiger partial charge is 0.213 e. The van der Waals surface area contributed by atoms with E-state index in [9.17, 15) is 4.79 Å². The van der Waals surface area contributed by atoms with Crippen molar-refractivity contribution < 1.29 is 4.79 Å². The maximum atomic E-state index is 12.5. The molecule has 3 nitrogen and oxygen atoms in total. The first-order valence-corrected chi connectivity index (χ1v) is 7.50. The van der Waals surface area contributed by atoms with Crippen molar-refractivity contribution in [3.05, 3.63) is 48.7 Å². The molecule has 0 spiro atoms. The molecule has 0 aliphatic carbocycles. The lowest BCUT2D eigenvalue weighted by molar-refractivity contribution is 0.102. The number of benzene rings is 1. The molecule has 18 heavy (non-hydrogen) atoms. The molecule has 1 aromatic heterocycles. The van der Waals surface area contributed by atoms with Crippen LogP contribution in [0.5, 0.6) is 0 Å². The zero-order chi connectivity index (χ0) is 13.3. The van der Waals surface area contributed by atoms with Crippen LogP contribution in [0.15, 0.2) is 28.9 Å². The van der Waals surface area contributed by atoms with E-state index >= 15 is 0 Å². The molecular formula is C12H9BrClIN2O. The summed E-state index contributed by atoms with van der Waals surface area (Å²) >= 11 is 11.6. The van der Waals surface area contributed by atoms with E-state index in [1.807, 2.05) is 19.1 Å². The molecule has 2 aromatic rings. The number of nitrogens with zero attached hydrogens (tertiary/aromatic N) is 2. The van der Waals surface area contributed by atoms with Crippen LogP contribution in [0.3, 0.4) is 0 Å². The second-order valence-corrected chi connectivity index (χ2v) is 6.10. The average Bonchev–Trinajstić information content (AvgIpc) is 2.72. The Morgan fingerprint density at radius 2 is 2.28 bits per heavy atom. The van der Waals surface area contributed by atoms with Crippen LogP contribution in [0, 0.1) is 3.57 Å². The molecule has 0 radical (unpaired) electrons. The fourth-order valence-corrected chi connectivity index (χ4v) is 2.80. The van der Waals surface area contributed by atoms with E-state index in [1.54, 1.807) is 10.7 Å². The van der Waals surface area contributed by atoms with Crippen molar-refractivity contribution in [1.82, 2.24) is 9.78 Å². The van der Waals surface area contributed by atoms with Gasteiger partial charge in [-0.05, 0) is 47.7 Å². The second-order valence-electron chi connectivity index (χ2n) is 3.61. The van der Waals surface area contributed by atoms with E-state index in [0.717, 1.165) is 8.04 Å². The lowest BCUT2D eigenvalue weighted by Crippen LogP contribution is -2.12. The maximum absolute atomic E-state index is 12.5. The monoisotopic (exact) mass is 438 g/mol. The van der Waals surface area contributed by atoms with Crippen molar-refractivity contribution in [3.63, 3.8) is 0 Å². The second kappa shape index (κ2) is 5.71. The minimum atomic E-state index is -0.106. The summed E-state index contributed by atoms with van der Waals surface area (Å²) in [7, 11) is 0. The molecule has 6 heteroatoms. The Morgan fingerprint density at radius 3 is 2.94 bits per heavy atom. The first-order valence-electron chi connectivity index (χ1n) is 5.25. The van der Waals surface area contributed by atoms with Crippen molar-refractivity contribution in [2.24, 2.45) is 0 Å². The highest BCUT2D eigenvalue weighted by atomic mass is 127. The zero-order valence-corrected chi connectivity index (χ0v) is 14.0. The lowest BCUT2D eigenvalue weighted by Gasteiger charge is -2.07. The molecule has 0 amide bonds. The molecule has 0 unspecified atom stereocenters. The van der Waals surface area contributed by atoms with E-state index in [4.69, 9.17) is 11.6 Å². The Kier molecular flexibility index (Phi) is 4.45. The van der Waals surface area contributed by atoms with Gasteiger partial charge in [0.15, 0.2) is 0 Å². The molecule has 0 saturated carbocycles. The van der Waals surface area contributed by atoms with Gasteiger partial charge >= 0.3 is 0 Å². The van der Waals surface area contributed by atoms with Gasteiger partial charge in [-0.25, -0.2) is 0 Å². The van der Waals surface area contributed by atoms with Crippen LogP contribution in [0.1, 0.15) is 23.0 Å². The molecule has 0 atom stereocenters. The summed E-state index contributed by atoms with van der Waals surface area (Å²) in [5, 5.41) is 4.47. The summed E-state index contributed by atoms with van der Waals surface area (Å²) in [6.07, 6.45) is 1.50. The third-order valence-electron chi connectivity index (χ3n) is 2.48. The Balaban J connectivity index is 2.54. The Morgan fingerprint density at radius 1 is 1.56 bits per heavy atom. The highest BCUT2D eigenvalue weighted by molar-refractivity contribution is 14.1. The number of aromatic nitrogens is 2. The summed E-state index contributed by atoms with van der Waals surface area (Å²) in [5.41, 5.74) is 1.07. The predicted molar refractivity (Wildman–Crippen MR) is 83.2 cm³/mol. The SMILES string of the molecule is CCn1ncc(Cl)c1C(=O)c1cc(Br)ccc1I. The molecule has 0 aliphatic heterocycles. The normalized spacial score (nSPS) is 10.7.